The molecule has 0 saturated heterocycles. The number of benzene rings is 1. The monoisotopic (exact) mass is 329 g/mol. The zero-order chi connectivity index (χ0) is 17.8. The molecule has 2 unspecified atom stereocenters. The fourth-order valence-corrected chi connectivity index (χ4v) is 3.54. The van der Waals surface area contributed by atoms with Gasteiger partial charge >= 0.3 is 5.97 Å². The molecular weight excluding hydrogens is 302 g/mol. The van der Waals surface area contributed by atoms with Gasteiger partial charge in [-0.05, 0) is 31.4 Å². The molecular formula is C20H27NO3. The van der Waals surface area contributed by atoms with Crippen LogP contribution in [0.2, 0.25) is 0 Å². The highest BCUT2D eigenvalue weighted by molar-refractivity contribution is 6.17. The Labute approximate surface area is 144 Å². The standard InChI is InChI=1S/C18H21NO3.C2H6/c1-3-5-8-11-17-12-18(17,16(21)22-4-2)15(20)19-14-10-7-6-9-13(14)17;1-2/h6-11H,3-5,12H2,1-2H3,(H,19,20);1-2H3/b11-8+;. The van der Waals surface area contributed by atoms with E-state index in [9.17, 15) is 9.59 Å². The van der Waals surface area contributed by atoms with Gasteiger partial charge in [0.15, 0.2) is 5.41 Å². The van der Waals surface area contributed by atoms with Gasteiger partial charge in [-0.3, -0.25) is 9.59 Å². The number of hydrogen-bond donors (Lipinski definition) is 1. The van der Waals surface area contributed by atoms with E-state index in [1.165, 1.54) is 0 Å². The maximum Gasteiger partial charge on any atom is 0.322 e. The first-order chi connectivity index (χ1) is 11.6. The van der Waals surface area contributed by atoms with Crippen LogP contribution in [0.15, 0.2) is 36.4 Å². The molecule has 2 aliphatic rings. The van der Waals surface area contributed by atoms with Gasteiger partial charge in [-0.2, -0.15) is 0 Å². The molecule has 0 spiro atoms. The number of para-hydroxylation sites is 1. The fraction of sp³-hybridized carbons (Fsp3) is 0.500. The first-order valence-corrected chi connectivity index (χ1v) is 8.88. The molecule has 0 aromatic heterocycles. The number of allylic oxidation sites excluding steroid dienone is 2. The van der Waals surface area contributed by atoms with Gasteiger partial charge in [-0.25, -0.2) is 0 Å². The SMILES string of the molecule is CC.CCC/C=C/C12CC1(C(=O)OCC)C(=O)Nc1ccccc12. The number of carbonyl (C=O) groups is 2. The molecule has 1 aliphatic carbocycles. The van der Waals surface area contributed by atoms with Gasteiger partial charge in [0.25, 0.3) is 0 Å². The van der Waals surface area contributed by atoms with Crippen LogP contribution in [0, 0.1) is 5.41 Å². The minimum Gasteiger partial charge on any atom is -0.465 e. The van der Waals surface area contributed by atoms with Crippen molar-refractivity contribution in [2.75, 3.05) is 11.9 Å². The first kappa shape index (κ1) is 18.2. The Bertz CT molecular complexity index is 652. The molecule has 4 nitrogen and oxygen atoms in total. The summed E-state index contributed by atoms with van der Waals surface area (Å²) in [4.78, 5) is 25.1. The van der Waals surface area contributed by atoms with E-state index in [4.69, 9.17) is 4.74 Å². The normalized spacial score (nSPS) is 26.6. The van der Waals surface area contributed by atoms with Crippen LogP contribution in [0.3, 0.4) is 0 Å². The molecule has 1 heterocycles. The van der Waals surface area contributed by atoms with Gasteiger partial charge in [0.1, 0.15) is 0 Å². The molecule has 1 aliphatic heterocycles. The largest absolute Gasteiger partial charge is 0.465 e. The predicted molar refractivity (Wildman–Crippen MR) is 95.8 cm³/mol. The summed E-state index contributed by atoms with van der Waals surface area (Å²) in [6, 6.07) is 7.71. The number of fused-ring (bicyclic) bond motifs is 3. The quantitative estimate of drug-likeness (QED) is 0.500. The fourth-order valence-electron chi connectivity index (χ4n) is 3.54. The topological polar surface area (TPSA) is 55.4 Å². The Morgan fingerprint density at radius 2 is 2.00 bits per heavy atom. The maximum atomic E-state index is 12.6. The molecule has 0 bridgehead atoms. The van der Waals surface area contributed by atoms with Crippen molar-refractivity contribution in [1.29, 1.82) is 0 Å². The third kappa shape index (κ3) is 2.54. The van der Waals surface area contributed by atoms with E-state index in [1.807, 2.05) is 44.2 Å². The molecule has 1 N–H and O–H groups in total. The number of carbonyl (C=O) groups excluding carboxylic acids is 2. The van der Waals surface area contributed by atoms with Crippen LogP contribution in [0.4, 0.5) is 5.69 Å². The van der Waals surface area contributed by atoms with Crippen molar-refractivity contribution < 1.29 is 14.3 Å². The van der Waals surface area contributed by atoms with Crippen LogP contribution in [-0.4, -0.2) is 18.5 Å². The number of anilines is 1. The summed E-state index contributed by atoms with van der Waals surface area (Å²) in [5.41, 5.74) is 0.163. The molecule has 0 radical (unpaired) electrons. The lowest BCUT2D eigenvalue weighted by Gasteiger charge is -2.29. The summed E-state index contributed by atoms with van der Waals surface area (Å²) < 4.78 is 5.21. The highest BCUT2D eigenvalue weighted by Gasteiger charge is 2.79. The Hall–Kier alpha value is -2.10. The highest BCUT2D eigenvalue weighted by Crippen LogP contribution is 2.70. The summed E-state index contributed by atoms with van der Waals surface area (Å²) >= 11 is 0. The highest BCUT2D eigenvalue weighted by atomic mass is 16.5. The first-order valence-electron chi connectivity index (χ1n) is 8.88. The Morgan fingerprint density at radius 1 is 1.29 bits per heavy atom. The summed E-state index contributed by atoms with van der Waals surface area (Å²) in [7, 11) is 0. The van der Waals surface area contributed by atoms with Crippen LogP contribution in [-0.2, 0) is 19.7 Å². The molecule has 4 heteroatoms. The summed E-state index contributed by atoms with van der Waals surface area (Å²) in [5, 5.41) is 2.87. The smallest absolute Gasteiger partial charge is 0.322 e. The van der Waals surface area contributed by atoms with Crippen LogP contribution < -0.4 is 5.32 Å². The minimum absolute atomic E-state index is 0.245. The van der Waals surface area contributed by atoms with Crippen molar-refractivity contribution >= 4 is 17.6 Å². The van der Waals surface area contributed by atoms with E-state index < -0.39 is 16.8 Å². The van der Waals surface area contributed by atoms with E-state index in [0.29, 0.717) is 6.42 Å². The van der Waals surface area contributed by atoms with Crippen LogP contribution in [0.5, 0.6) is 0 Å². The van der Waals surface area contributed by atoms with E-state index in [0.717, 1.165) is 24.1 Å². The molecule has 1 saturated carbocycles. The number of hydrogen-bond acceptors (Lipinski definition) is 3. The van der Waals surface area contributed by atoms with Crippen molar-refractivity contribution in [3.63, 3.8) is 0 Å². The van der Waals surface area contributed by atoms with Crippen LogP contribution in [0.25, 0.3) is 0 Å². The predicted octanol–water partition coefficient (Wildman–Crippen LogP) is 4.21. The molecule has 1 fully saturated rings. The summed E-state index contributed by atoms with van der Waals surface area (Å²) in [6.45, 7) is 8.15. The number of amides is 1. The zero-order valence-corrected chi connectivity index (χ0v) is 15.0. The number of esters is 1. The van der Waals surface area contributed by atoms with E-state index in [2.05, 4.69) is 18.3 Å². The van der Waals surface area contributed by atoms with Gasteiger partial charge in [-0.1, -0.05) is 57.5 Å². The van der Waals surface area contributed by atoms with Gasteiger partial charge < -0.3 is 10.1 Å². The average molecular weight is 329 g/mol. The molecule has 3 rings (SSSR count). The van der Waals surface area contributed by atoms with Crippen LogP contribution in [0.1, 0.15) is 52.5 Å². The maximum absolute atomic E-state index is 12.6. The molecule has 1 aromatic rings. The van der Waals surface area contributed by atoms with Crippen molar-refractivity contribution in [1.82, 2.24) is 0 Å². The molecule has 1 amide bonds. The van der Waals surface area contributed by atoms with Crippen molar-refractivity contribution in [3.05, 3.63) is 42.0 Å². The lowest BCUT2D eigenvalue weighted by molar-refractivity contribution is -0.153. The number of ether oxygens (including phenoxy) is 1. The van der Waals surface area contributed by atoms with Gasteiger partial charge in [-0.15, -0.1) is 0 Å². The van der Waals surface area contributed by atoms with Gasteiger partial charge in [0, 0.05) is 11.1 Å². The second-order valence-electron chi connectivity index (χ2n) is 5.96. The summed E-state index contributed by atoms with van der Waals surface area (Å²) in [6.07, 6.45) is 6.58. The van der Waals surface area contributed by atoms with Crippen LogP contribution >= 0.6 is 0 Å². The zero-order valence-electron chi connectivity index (χ0n) is 15.0. The molecule has 24 heavy (non-hydrogen) atoms. The number of unbranched alkanes of at least 4 members (excludes halogenated alkanes) is 1. The molecule has 2 atom stereocenters. The lowest BCUT2D eigenvalue weighted by Crippen LogP contribution is -2.42. The Kier molecular flexibility index (Phi) is 5.47. The third-order valence-corrected chi connectivity index (χ3v) is 4.71. The number of nitrogens with one attached hydrogen (secondary N) is 1. The second kappa shape index (κ2) is 7.20. The van der Waals surface area contributed by atoms with E-state index in [1.54, 1.807) is 6.92 Å². The molecule has 130 valence electrons. The van der Waals surface area contributed by atoms with E-state index in [-0.39, 0.29) is 12.5 Å². The van der Waals surface area contributed by atoms with Crippen molar-refractivity contribution in [3.8, 4) is 0 Å². The Morgan fingerprint density at radius 3 is 2.67 bits per heavy atom. The van der Waals surface area contributed by atoms with Gasteiger partial charge in [0.05, 0.1) is 6.61 Å². The van der Waals surface area contributed by atoms with Gasteiger partial charge in [0.2, 0.25) is 5.91 Å². The third-order valence-electron chi connectivity index (χ3n) is 4.71. The summed E-state index contributed by atoms with van der Waals surface area (Å²) in [5.74, 6) is -0.658. The molecule has 1 aromatic carbocycles. The average Bonchev–Trinajstić information content (AvgIpc) is 3.30. The Balaban J connectivity index is 0.00000100. The lowest BCUT2D eigenvalue weighted by atomic mass is 9.81. The number of rotatable bonds is 5. The van der Waals surface area contributed by atoms with Crippen molar-refractivity contribution in [2.24, 2.45) is 5.41 Å². The van der Waals surface area contributed by atoms with E-state index >= 15 is 0 Å². The van der Waals surface area contributed by atoms with Crippen molar-refractivity contribution in [2.45, 2.75) is 52.4 Å². The second-order valence-corrected chi connectivity index (χ2v) is 5.96. The minimum atomic E-state index is -1.10.